The summed E-state index contributed by atoms with van der Waals surface area (Å²) >= 11 is 4.67. The van der Waals surface area contributed by atoms with E-state index in [1.165, 1.54) is 6.07 Å². The van der Waals surface area contributed by atoms with Gasteiger partial charge in [-0.25, -0.2) is 4.39 Å². The van der Waals surface area contributed by atoms with E-state index in [0.717, 1.165) is 16.2 Å². The predicted octanol–water partition coefficient (Wildman–Crippen LogP) is 3.64. The standard InChI is InChI=1S/C11H8BrFOS/c12-8-5-7(1-2-9(8)13)6-11-10(14)3-4-15-11/h1-2,5-6H,3-4H2. The number of halogens is 2. The third kappa shape index (κ3) is 2.49. The number of hydrogen-bond acceptors (Lipinski definition) is 2. The van der Waals surface area contributed by atoms with E-state index < -0.39 is 0 Å². The average Bonchev–Trinajstić information content (AvgIpc) is 2.59. The topological polar surface area (TPSA) is 17.1 Å². The van der Waals surface area contributed by atoms with Crippen molar-refractivity contribution in [3.63, 3.8) is 0 Å². The molecule has 1 aromatic rings. The minimum Gasteiger partial charge on any atom is -0.294 e. The van der Waals surface area contributed by atoms with Crippen LogP contribution in [-0.4, -0.2) is 11.5 Å². The summed E-state index contributed by atoms with van der Waals surface area (Å²) in [5.74, 6) is 0.746. The van der Waals surface area contributed by atoms with Gasteiger partial charge in [0.05, 0.1) is 9.38 Å². The Morgan fingerprint density at radius 3 is 2.87 bits per heavy atom. The highest BCUT2D eigenvalue weighted by molar-refractivity contribution is 9.10. The van der Waals surface area contributed by atoms with Gasteiger partial charge in [0.2, 0.25) is 0 Å². The summed E-state index contributed by atoms with van der Waals surface area (Å²) in [6, 6.07) is 4.73. The molecular formula is C11H8BrFOS. The Labute approximate surface area is 99.9 Å². The van der Waals surface area contributed by atoms with Crippen LogP contribution >= 0.6 is 27.7 Å². The van der Waals surface area contributed by atoms with Crippen LogP contribution in [-0.2, 0) is 4.79 Å². The van der Waals surface area contributed by atoms with Crippen molar-refractivity contribution in [2.45, 2.75) is 6.42 Å². The zero-order chi connectivity index (χ0) is 10.8. The number of carbonyl (C=O) groups is 1. The molecule has 0 unspecified atom stereocenters. The molecule has 15 heavy (non-hydrogen) atoms. The van der Waals surface area contributed by atoms with E-state index in [2.05, 4.69) is 15.9 Å². The van der Waals surface area contributed by atoms with Gasteiger partial charge in [0, 0.05) is 12.2 Å². The Kier molecular flexibility index (Phi) is 3.26. The first kappa shape index (κ1) is 10.9. The lowest BCUT2D eigenvalue weighted by atomic mass is 10.2. The molecule has 78 valence electrons. The predicted molar refractivity (Wildman–Crippen MR) is 64.2 cm³/mol. The molecule has 0 N–H and O–H groups in total. The second-order valence-corrected chi connectivity index (χ2v) is 5.19. The highest BCUT2D eigenvalue weighted by atomic mass is 79.9. The van der Waals surface area contributed by atoms with Crippen LogP contribution in [0.1, 0.15) is 12.0 Å². The highest BCUT2D eigenvalue weighted by Crippen LogP contribution is 2.29. The number of benzene rings is 1. The van der Waals surface area contributed by atoms with Crippen molar-refractivity contribution < 1.29 is 9.18 Å². The first-order chi connectivity index (χ1) is 7.16. The van der Waals surface area contributed by atoms with Gasteiger partial charge in [-0.2, -0.15) is 0 Å². The van der Waals surface area contributed by atoms with Gasteiger partial charge in [0.1, 0.15) is 5.82 Å². The van der Waals surface area contributed by atoms with Gasteiger partial charge in [0.25, 0.3) is 0 Å². The van der Waals surface area contributed by atoms with Crippen molar-refractivity contribution in [1.82, 2.24) is 0 Å². The molecule has 0 atom stereocenters. The summed E-state index contributed by atoms with van der Waals surface area (Å²) in [4.78, 5) is 12.1. The molecule has 1 saturated heterocycles. The van der Waals surface area contributed by atoms with Crippen molar-refractivity contribution >= 4 is 39.6 Å². The summed E-state index contributed by atoms with van der Waals surface area (Å²) in [5.41, 5.74) is 0.848. The van der Waals surface area contributed by atoms with E-state index in [-0.39, 0.29) is 11.6 Å². The molecule has 0 radical (unpaired) electrons. The molecule has 1 fully saturated rings. The monoisotopic (exact) mass is 286 g/mol. The van der Waals surface area contributed by atoms with Crippen LogP contribution in [0.4, 0.5) is 4.39 Å². The number of allylic oxidation sites excluding steroid dienone is 1. The second-order valence-electron chi connectivity index (χ2n) is 3.20. The van der Waals surface area contributed by atoms with E-state index in [0.29, 0.717) is 10.9 Å². The van der Waals surface area contributed by atoms with Crippen LogP contribution in [0, 0.1) is 5.82 Å². The van der Waals surface area contributed by atoms with E-state index in [4.69, 9.17) is 0 Å². The first-order valence-corrected chi connectivity index (χ1v) is 6.27. The number of ketones is 1. The Balaban J connectivity index is 2.31. The van der Waals surface area contributed by atoms with E-state index in [1.54, 1.807) is 23.9 Å². The Bertz CT molecular complexity index is 442. The first-order valence-electron chi connectivity index (χ1n) is 4.49. The van der Waals surface area contributed by atoms with Gasteiger partial charge in [-0.1, -0.05) is 6.07 Å². The van der Waals surface area contributed by atoms with Gasteiger partial charge in [-0.05, 0) is 39.7 Å². The molecule has 2 rings (SSSR count). The van der Waals surface area contributed by atoms with Crippen molar-refractivity contribution in [3.8, 4) is 0 Å². The zero-order valence-corrected chi connectivity index (χ0v) is 10.2. The molecular weight excluding hydrogens is 279 g/mol. The quantitative estimate of drug-likeness (QED) is 0.734. The lowest BCUT2D eigenvalue weighted by molar-refractivity contribution is -0.114. The molecule has 4 heteroatoms. The largest absolute Gasteiger partial charge is 0.294 e. The summed E-state index contributed by atoms with van der Waals surface area (Å²) in [6.07, 6.45) is 2.42. The van der Waals surface area contributed by atoms with Gasteiger partial charge < -0.3 is 0 Å². The summed E-state index contributed by atoms with van der Waals surface area (Å²) < 4.78 is 13.4. The van der Waals surface area contributed by atoms with Crippen LogP contribution in [0.25, 0.3) is 6.08 Å². The van der Waals surface area contributed by atoms with E-state index >= 15 is 0 Å². The van der Waals surface area contributed by atoms with Crippen molar-refractivity contribution in [3.05, 3.63) is 39.0 Å². The zero-order valence-electron chi connectivity index (χ0n) is 7.80. The molecule has 0 amide bonds. The normalized spacial score (nSPS) is 18.8. The van der Waals surface area contributed by atoms with Crippen LogP contribution < -0.4 is 0 Å². The minimum absolute atomic E-state index is 0.181. The Morgan fingerprint density at radius 2 is 2.27 bits per heavy atom. The van der Waals surface area contributed by atoms with Crippen LogP contribution in [0.2, 0.25) is 0 Å². The molecule has 1 nitrogen and oxygen atoms in total. The fraction of sp³-hybridized carbons (Fsp3) is 0.182. The maximum absolute atomic E-state index is 12.9. The number of rotatable bonds is 1. The molecule has 1 aliphatic rings. The van der Waals surface area contributed by atoms with E-state index in [1.807, 2.05) is 6.08 Å². The second kappa shape index (κ2) is 4.49. The minimum atomic E-state index is -0.289. The molecule has 1 aliphatic heterocycles. The number of hydrogen-bond donors (Lipinski definition) is 0. The van der Waals surface area contributed by atoms with Crippen molar-refractivity contribution in [2.75, 3.05) is 5.75 Å². The lowest BCUT2D eigenvalue weighted by Crippen LogP contribution is -1.90. The summed E-state index contributed by atoms with van der Waals surface area (Å²) in [7, 11) is 0. The Hall–Kier alpha value is -0.610. The maximum atomic E-state index is 12.9. The van der Waals surface area contributed by atoms with Gasteiger partial charge in [-0.15, -0.1) is 11.8 Å². The number of Topliss-reactive ketones (excluding diaryl/α,β-unsaturated/α-hetero) is 1. The fourth-order valence-electron chi connectivity index (χ4n) is 1.33. The summed E-state index contributed by atoms with van der Waals surface area (Å²) in [5, 5.41) is 0. The molecule has 0 aromatic heterocycles. The number of thioether (sulfide) groups is 1. The number of carbonyl (C=O) groups excluding carboxylic acids is 1. The SMILES string of the molecule is O=C1CCSC1=Cc1ccc(F)c(Br)c1. The molecule has 0 aliphatic carbocycles. The van der Waals surface area contributed by atoms with Crippen molar-refractivity contribution in [1.29, 1.82) is 0 Å². The maximum Gasteiger partial charge on any atom is 0.170 e. The van der Waals surface area contributed by atoms with Gasteiger partial charge in [0.15, 0.2) is 5.78 Å². The fourth-order valence-corrected chi connectivity index (χ4v) is 2.72. The van der Waals surface area contributed by atoms with Crippen molar-refractivity contribution in [2.24, 2.45) is 0 Å². The molecule has 1 heterocycles. The molecule has 1 aromatic carbocycles. The molecule has 0 saturated carbocycles. The smallest absolute Gasteiger partial charge is 0.170 e. The average molecular weight is 287 g/mol. The third-order valence-electron chi connectivity index (χ3n) is 2.10. The van der Waals surface area contributed by atoms with Crippen LogP contribution in [0.3, 0.4) is 0 Å². The lowest BCUT2D eigenvalue weighted by Gasteiger charge is -1.98. The van der Waals surface area contributed by atoms with Crippen LogP contribution in [0.5, 0.6) is 0 Å². The van der Waals surface area contributed by atoms with Gasteiger partial charge >= 0.3 is 0 Å². The van der Waals surface area contributed by atoms with Gasteiger partial charge in [-0.3, -0.25) is 4.79 Å². The molecule has 0 bridgehead atoms. The summed E-state index contributed by atoms with van der Waals surface area (Å²) in [6.45, 7) is 0. The van der Waals surface area contributed by atoms with Crippen LogP contribution in [0.15, 0.2) is 27.6 Å². The highest BCUT2D eigenvalue weighted by Gasteiger charge is 2.17. The molecule has 0 spiro atoms. The third-order valence-corrected chi connectivity index (χ3v) is 3.78. The van der Waals surface area contributed by atoms with E-state index in [9.17, 15) is 9.18 Å². The Morgan fingerprint density at radius 1 is 1.47 bits per heavy atom.